The van der Waals surface area contributed by atoms with Gasteiger partial charge in [-0.2, -0.15) is 8.78 Å². The maximum absolute atomic E-state index is 13.0. The Labute approximate surface area is 84.7 Å². The molecule has 0 aliphatic rings. The number of benzene rings is 1. The molecule has 0 heterocycles. The van der Waals surface area contributed by atoms with Crippen LogP contribution in [0.3, 0.4) is 0 Å². The predicted molar refractivity (Wildman–Crippen MR) is 45.5 cm³/mol. The Bertz CT molecular complexity index is 339. The van der Waals surface area contributed by atoms with E-state index in [1.54, 1.807) is 6.92 Å². The first kappa shape index (κ1) is 11.8. The Morgan fingerprint density at radius 3 is 2.00 bits per heavy atom. The minimum atomic E-state index is -1.59. The molecule has 0 N–H and O–H groups in total. The van der Waals surface area contributed by atoms with Gasteiger partial charge in [0, 0.05) is 0 Å². The number of hydrogen-bond donors (Lipinski definition) is 0. The molecule has 0 amide bonds. The quantitative estimate of drug-likeness (QED) is 0.562. The van der Waals surface area contributed by atoms with Gasteiger partial charge in [0.25, 0.3) is 0 Å². The highest BCUT2D eigenvalue weighted by Gasteiger charge is 2.22. The first-order valence-electron chi connectivity index (χ1n) is 4.39. The average Bonchev–Trinajstić information content (AvgIpc) is 2.21. The van der Waals surface area contributed by atoms with E-state index in [9.17, 15) is 17.6 Å². The largest absolute Gasteiger partial charge is 0.485 e. The summed E-state index contributed by atoms with van der Waals surface area (Å²) in [5.41, 5.74) is 0. The molecular weight excluding hydrogens is 212 g/mol. The van der Waals surface area contributed by atoms with E-state index in [0.29, 0.717) is 6.42 Å². The molecule has 0 fully saturated rings. The summed E-state index contributed by atoms with van der Waals surface area (Å²) in [5, 5.41) is 0. The summed E-state index contributed by atoms with van der Waals surface area (Å²) < 4.78 is 56.1. The Hall–Kier alpha value is -1.26. The number of hydrogen-bond acceptors (Lipinski definition) is 1. The molecule has 1 aromatic rings. The second-order valence-electron chi connectivity index (χ2n) is 3.05. The van der Waals surface area contributed by atoms with Gasteiger partial charge in [-0.1, -0.05) is 6.92 Å². The molecule has 1 unspecified atom stereocenters. The maximum Gasteiger partial charge on any atom is 0.204 e. The zero-order valence-electron chi connectivity index (χ0n) is 8.20. The van der Waals surface area contributed by atoms with Gasteiger partial charge in [0.2, 0.25) is 11.6 Å². The summed E-state index contributed by atoms with van der Waals surface area (Å²) in [7, 11) is 0. The highest BCUT2D eigenvalue weighted by atomic mass is 19.2. The van der Waals surface area contributed by atoms with Crippen molar-refractivity contribution in [1.29, 1.82) is 0 Å². The van der Waals surface area contributed by atoms with Crippen LogP contribution in [-0.4, -0.2) is 6.10 Å². The summed E-state index contributed by atoms with van der Waals surface area (Å²) in [6.07, 6.45) is -0.0732. The molecule has 1 aromatic carbocycles. The van der Waals surface area contributed by atoms with Crippen LogP contribution in [0.2, 0.25) is 0 Å². The molecule has 0 bridgehead atoms. The van der Waals surface area contributed by atoms with Gasteiger partial charge in [-0.05, 0) is 13.3 Å². The molecule has 15 heavy (non-hydrogen) atoms. The van der Waals surface area contributed by atoms with Gasteiger partial charge in [0.1, 0.15) is 0 Å². The van der Waals surface area contributed by atoms with Gasteiger partial charge in [-0.25, -0.2) is 8.78 Å². The molecule has 83 valence electrons. The van der Waals surface area contributed by atoms with Gasteiger partial charge in [0.05, 0.1) is 12.2 Å². The lowest BCUT2D eigenvalue weighted by Gasteiger charge is -2.14. The fraction of sp³-hybridized carbons (Fsp3) is 0.400. The van der Waals surface area contributed by atoms with Crippen molar-refractivity contribution in [3.8, 4) is 5.75 Å². The highest BCUT2D eigenvalue weighted by molar-refractivity contribution is 5.28. The lowest BCUT2D eigenvalue weighted by atomic mass is 10.2. The van der Waals surface area contributed by atoms with E-state index in [-0.39, 0.29) is 0 Å². The fourth-order valence-corrected chi connectivity index (χ4v) is 0.890. The Kier molecular flexibility index (Phi) is 3.55. The van der Waals surface area contributed by atoms with E-state index in [0.717, 1.165) is 0 Å². The van der Waals surface area contributed by atoms with Crippen molar-refractivity contribution >= 4 is 0 Å². The molecule has 0 spiro atoms. The summed E-state index contributed by atoms with van der Waals surface area (Å²) in [5.74, 6) is -7.33. The third-order valence-electron chi connectivity index (χ3n) is 1.90. The van der Waals surface area contributed by atoms with Crippen molar-refractivity contribution in [2.45, 2.75) is 26.4 Å². The topological polar surface area (TPSA) is 9.23 Å². The third kappa shape index (κ3) is 2.40. The number of halogens is 4. The normalized spacial score (nSPS) is 12.7. The van der Waals surface area contributed by atoms with Gasteiger partial charge >= 0.3 is 0 Å². The van der Waals surface area contributed by atoms with Crippen LogP contribution in [-0.2, 0) is 0 Å². The molecule has 0 saturated heterocycles. The standard InChI is InChI=1S/C10H9F4O/c1-3-5(2)15-10-8(13)6(11)4-7(12)9(10)14/h5H,3H2,1-2H3. The predicted octanol–water partition coefficient (Wildman–Crippen LogP) is 3.22. The highest BCUT2D eigenvalue weighted by Crippen LogP contribution is 2.27. The molecule has 1 radical (unpaired) electrons. The zero-order valence-corrected chi connectivity index (χ0v) is 8.20. The van der Waals surface area contributed by atoms with Crippen LogP contribution in [0.5, 0.6) is 5.75 Å². The van der Waals surface area contributed by atoms with E-state index in [1.807, 2.05) is 0 Å². The lowest BCUT2D eigenvalue weighted by Crippen LogP contribution is -2.13. The second-order valence-corrected chi connectivity index (χ2v) is 3.05. The van der Waals surface area contributed by atoms with Crippen molar-refractivity contribution in [2.75, 3.05) is 0 Å². The molecular formula is C10H9F4O. The zero-order chi connectivity index (χ0) is 11.6. The van der Waals surface area contributed by atoms with Crippen LogP contribution in [0.15, 0.2) is 0 Å². The van der Waals surface area contributed by atoms with Crippen molar-refractivity contribution in [2.24, 2.45) is 0 Å². The van der Waals surface area contributed by atoms with E-state index < -0.39 is 35.1 Å². The van der Waals surface area contributed by atoms with Crippen molar-refractivity contribution in [1.82, 2.24) is 0 Å². The number of rotatable bonds is 3. The van der Waals surface area contributed by atoms with Crippen molar-refractivity contribution in [3.05, 3.63) is 29.3 Å². The fourth-order valence-electron chi connectivity index (χ4n) is 0.890. The molecule has 0 aromatic heterocycles. The summed E-state index contributed by atoms with van der Waals surface area (Å²) >= 11 is 0. The molecule has 0 aliphatic carbocycles. The summed E-state index contributed by atoms with van der Waals surface area (Å²) in [4.78, 5) is 0. The summed E-state index contributed by atoms with van der Waals surface area (Å²) in [6, 6.07) is 1.28. The van der Waals surface area contributed by atoms with Crippen LogP contribution in [0, 0.1) is 29.3 Å². The Morgan fingerprint density at radius 2 is 1.60 bits per heavy atom. The molecule has 1 rings (SSSR count). The molecule has 1 atom stereocenters. The van der Waals surface area contributed by atoms with Crippen LogP contribution < -0.4 is 4.74 Å². The monoisotopic (exact) mass is 221 g/mol. The second kappa shape index (κ2) is 4.51. The molecule has 5 heteroatoms. The SMILES string of the molecule is CCC(C)Oc1c(F)c(F)[c]c(F)c1F. The number of ether oxygens (including phenoxy) is 1. The Balaban J connectivity index is 3.15. The van der Waals surface area contributed by atoms with Gasteiger partial charge in [-0.15, -0.1) is 0 Å². The maximum atomic E-state index is 13.0. The Morgan fingerprint density at radius 1 is 1.13 bits per heavy atom. The average molecular weight is 221 g/mol. The van der Waals surface area contributed by atoms with Gasteiger partial charge < -0.3 is 4.74 Å². The third-order valence-corrected chi connectivity index (χ3v) is 1.90. The van der Waals surface area contributed by atoms with Gasteiger partial charge in [0.15, 0.2) is 17.4 Å². The van der Waals surface area contributed by atoms with Gasteiger partial charge in [-0.3, -0.25) is 0 Å². The minimum Gasteiger partial charge on any atom is -0.485 e. The first-order chi connectivity index (χ1) is 6.97. The van der Waals surface area contributed by atoms with Crippen LogP contribution >= 0.6 is 0 Å². The molecule has 0 saturated carbocycles. The van der Waals surface area contributed by atoms with E-state index in [4.69, 9.17) is 4.74 Å². The van der Waals surface area contributed by atoms with Crippen LogP contribution in [0.1, 0.15) is 20.3 Å². The van der Waals surface area contributed by atoms with E-state index in [2.05, 4.69) is 0 Å². The van der Waals surface area contributed by atoms with Crippen LogP contribution in [0.25, 0.3) is 0 Å². The van der Waals surface area contributed by atoms with Crippen molar-refractivity contribution in [3.63, 3.8) is 0 Å². The molecule has 1 nitrogen and oxygen atoms in total. The first-order valence-corrected chi connectivity index (χ1v) is 4.39. The van der Waals surface area contributed by atoms with Crippen molar-refractivity contribution < 1.29 is 22.3 Å². The van der Waals surface area contributed by atoms with Crippen LogP contribution in [0.4, 0.5) is 17.6 Å². The molecule has 0 aliphatic heterocycles. The van der Waals surface area contributed by atoms with E-state index in [1.165, 1.54) is 13.0 Å². The summed E-state index contributed by atoms with van der Waals surface area (Å²) in [6.45, 7) is 3.24. The lowest BCUT2D eigenvalue weighted by molar-refractivity contribution is 0.191. The van der Waals surface area contributed by atoms with E-state index >= 15 is 0 Å². The minimum absolute atomic E-state index is 0.459. The smallest absolute Gasteiger partial charge is 0.204 e.